The lowest BCUT2D eigenvalue weighted by atomic mass is 10.1. The van der Waals surface area contributed by atoms with Crippen LogP contribution in [0.2, 0.25) is 5.02 Å². The maximum absolute atomic E-state index is 12.8. The number of halogens is 1. The molecular formula is C17H23ClN2O3. The highest BCUT2D eigenvalue weighted by atomic mass is 35.5. The van der Waals surface area contributed by atoms with E-state index in [-0.39, 0.29) is 24.4 Å². The molecule has 5 nitrogen and oxygen atoms in total. The lowest BCUT2D eigenvalue weighted by Crippen LogP contribution is -2.41. The second-order valence-electron chi connectivity index (χ2n) is 6.21. The van der Waals surface area contributed by atoms with Crippen molar-refractivity contribution in [2.75, 3.05) is 18.0 Å². The number of aliphatic hydroxyl groups excluding tert-OH is 1. The summed E-state index contributed by atoms with van der Waals surface area (Å²) in [4.78, 5) is 28.0. The van der Waals surface area contributed by atoms with Gasteiger partial charge in [-0.05, 0) is 45.4 Å². The third-order valence-electron chi connectivity index (χ3n) is 3.91. The van der Waals surface area contributed by atoms with Crippen LogP contribution in [0.15, 0.2) is 18.2 Å². The summed E-state index contributed by atoms with van der Waals surface area (Å²) in [6.45, 7) is 6.32. The average Bonchev–Trinajstić information content (AvgIpc) is 2.90. The summed E-state index contributed by atoms with van der Waals surface area (Å²) in [6, 6.07) is 5.02. The molecule has 0 aliphatic carbocycles. The molecule has 1 aromatic carbocycles. The number of benzene rings is 1. The Balaban J connectivity index is 2.33. The normalized spacial score (nSPS) is 16.1. The van der Waals surface area contributed by atoms with Crippen molar-refractivity contribution >= 4 is 29.1 Å². The van der Waals surface area contributed by atoms with E-state index in [9.17, 15) is 14.7 Å². The zero-order chi connectivity index (χ0) is 17.1. The van der Waals surface area contributed by atoms with Gasteiger partial charge < -0.3 is 14.9 Å². The summed E-state index contributed by atoms with van der Waals surface area (Å²) in [7, 11) is 0. The van der Waals surface area contributed by atoms with Crippen LogP contribution in [0.5, 0.6) is 0 Å². The van der Waals surface area contributed by atoms with Gasteiger partial charge in [0.1, 0.15) is 0 Å². The molecule has 0 aromatic heterocycles. The molecule has 0 saturated carbocycles. The van der Waals surface area contributed by atoms with Gasteiger partial charge in [0, 0.05) is 31.2 Å². The van der Waals surface area contributed by atoms with Crippen molar-refractivity contribution in [2.24, 2.45) is 0 Å². The Hall–Kier alpha value is -1.59. The van der Waals surface area contributed by atoms with E-state index in [1.54, 1.807) is 34.9 Å². The van der Waals surface area contributed by atoms with Crippen LogP contribution < -0.4 is 4.90 Å². The van der Waals surface area contributed by atoms with Gasteiger partial charge in [-0.25, -0.2) is 0 Å². The van der Waals surface area contributed by atoms with Crippen molar-refractivity contribution < 1.29 is 14.7 Å². The minimum atomic E-state index is -0.622. The van der Waals surface area contributed by atoms with Crippen LogP contribution in [0.1, 0.15) is 44.0 Å². The quantitative estimate of drug-likeness (QED) is 0.898. The van der Waals surface area contributed by atoms with E-state index < -0.39 is 6.10 Å². The molecule has 126 valence electrons. The highest BCUT2D eigenvalue weighted by Gasteiger charge is 2.26. The first-order chi connectivity index (χ1) is 10.8. The van der Waals surface area contributed by atoms with Crippen LogP contribution in [0.25, 0.3) is 0 Å². The third kappa shape index (κ3) is 4.03. The van der Waals surface area contributed by atoms with Crippen LogP contribution in [-0.4, -0.2) is 47.1 Å². The molecule has 1 N–H and O–H groups in total. The SMILES string of the molecule is CC(O)CN(C(=O)c1cc(N2CCCC2=O)ccc1Cl)C(C)C. The summed E-state index contributed by atoms with van der Waals surface area (Å²) in [5.74, 6) is -0.171. The van der Waals surface area contributed by atoms with Gasteiger partial charge in [0.25, 0.3) is 5.91 Å². The van der Waals surface area contributed by atoms with Crippen LogP contribution in [0.3, 0.4) is 0 Å². The predicted octanol–water partition coefficient (Wildman–Crippen LogP) is 2.70. The van der Waals surface area contributed by atoms with E-state index >= 15 is 0 Å². The number of nitrogens with zero attached hydrogens (tertiary/aromatic N) is 2. The van der Waals surface area contributed by atoms with Crippen molar-refractivity contribution in [3.63, 3.8) is 0 Å². The predicted molar refractivity (Wildman–Crippen MR) is 90.9 cm³/mol. The molecule has 1 fully saturated rings. The Labute approximate surface area is 141 Å². The number of amides is 2. The molecule has 6 heteroatoms. The number of hydrogen-bond donors (Lipinski definition) is 1. The summed E-state index contributed by atoms with van der Waals surface area (Å²) >= 11 is 6.21. The van der Waals surface area contributed by atoms with Gasteiger partial charge >= 0.3 is 0 Å². The average molecular weight is 339 g/mol. The monoisotopic (exact) mass is 338 g/mol. The molecule has 0 spiro atoms. The van der Waals surface area contributed by atoms with Crippen molar-refractivity contribution in [2.45, 2.75) is 45.8 Å². The minimum absolute atomic E-state index is 0.0646. The lowest BCUT2D eigenvalue weighted by molar-refractivity contribution is -0.117. The summed E-state index contributed by atoms with van der Waals surface area (Å²) in [5.41, 5.74) is 1.05. The number of rotatable bonds is 5. The molecule has 1 aliphatic heterocycles. The smallest absolute Gasteiger partial charge is 0.255 e. The van der Waals surface area contributed by atoms with Crippen molar-refractivity contribution in [3.05, 3.63) is 28.8 Å². The molecule has 1 atom stereocenters. The van der Waals surface area contributed by atoms with Gasteiger partial charge in [-0.3, -0.25) is 9.59 Å². The van der Waals surface area contributed by atoms with Gasteiger partial charge in [-0.15, -0.1) is 0 Å². The topological polar surface area (TPSA) is 60.9 Å². The molecule has 2 amide bonds. The molecule has 0 radical (unpaired) electrons. The molecule has 1 unspecified atom stereocenters. The van der Waals surface area contributed by atoms with E-state index in [2.05, 4.69) is 0 Å². The molecule has 1 heterocycles. The maximum atomic E-state index is 12.8. The summed E-state index contributed by atoms with van der Waals surface area (Å²) in [5, 5.41) is 9.97. The lowest BCUT2D eigenvalue weighted by Gasteiger charge is -2.29. The molecule has 1 aromatic rings. The van der Waals surface area contributed by atoms with Gasteiger partial charge in [-0.1, -0.05) is 11.6 Å². The first-order valence-electron chi connectivity index (χ1n) is 7.90. The van der Waals surface area contributed by atoms with Gasteiger partial charge in [0.2, 0.25) is 5.91 Å². The Morgan fingerprint density at radius 2 is 2.09 bits per heavy atom. The van der Waals surface area contributed by atoms with Gasteiger partial charge in [0.15, 0.2) is 0 Å². The second kappa shape index (κ2) is 7.32. The van der Waals surface area contributed by atoms with E-state index in [1.165, 1.54) is 0 Å². The summed E-state index contributed by atoms with van der Waals surface area (Å²) in [6.07, 6.45) is 0.736. The molecular weight excluding hydrogens is 316 g/mol. The minimum Gasteiger partial charge on any atom is -0.392 e. The first kappa shape index (κ1) is 17.8. The van der Waals surface area contributed by atoms with Crippen molar-refractivity contribution in [3.8, 4) is 0 Å². The first-order valence-corrected chi connectivity index (χ1v) is 8.28. The van der Waals surface area contributed by atoms with E-state index in [1.807, 2.05) is 13.8 Å². The molecule has 0 bridgehead atoms. The standard InChI is InChI=1S/C17H23ClN2O3/c1-11(2)20(10-12(3)21)17(23)14-9-13(6-7-15(14)18)19-8-4-5-16(19)22/h6-7,9,11-12,21H,4-5,8,10H2,1-3H3. The fourth-order valence-electron chi connectivity index (χ4n) is 2.73. The third-order valence-corrected chi connectivity index (χ3v) is 4.24. The van der Waals surface area contributed by atoms with Crippen molar-refractivity contribution in [1.82, 2.24) is 4.90 Å². The Bertz CT molecular complexity index is 602. The van der Waals surface area contributed by atoms with E-state index in [0.717, 1.165) is 6.42 Å². The van der Waals surface area contributed by atoms with Crippen LogP contribution in [0, 0.1) is 0 Å². The van der Waals surface area contributed by atoms with E-state index in [0.29, 0.717) is 29.2 Å². The number of carbonyl (C=O) groups is 2. The molecule has 2 rings (SSSR count). The largest absolute Gasteiger partial charge is 0.392 e. The van der Waals surface area contributed by atoms with Crippen LogP contribution in [-0.2, 0) is 4.79 Å². The summed E-state index contributed by atoms with van der Waals surface area (Å²) < 4.78 is 0. The Morgan fingerprint density at radius 1 is 1.39 bits per heavy atom. The van der Waals surface area contributed by atoms with Crippen LogP contribution in [0.4, 0.5) is 5.69 Å². The van der Waals surface area contributed by atoms with Crippen LogP contribution >= 0.6 is 11.6 Å². The fraction of sp³-hybridized carbons (Fsp3) is 0.529. The highest BCUT2D eigenvalue weighted by Crippen LogP contribution is 2.28. The Kier molecular flexibility index (Phi) is 5.65. The fourth-order valence-corrected chi connectivity index (χ4v) is 2.93. The number of anilines is 1. The molecule has 1 aliphatic rings. The highest BCUT2D eigenvalue weighted by molar-refractivity contribution is 6.34. The van der Waals surface area contributed by atoms with Gasteiger partial charge in [-0.2, -0.15) is 0 Å². The second-order valence-corrected chi connectivity index (χ2v) is 6.62. The zero-order valence-corrected chi connectivity index (χ0v) is 14.5. The number of hydrogen-bond acceptors (Lipinski definition) is 3. The van der Waals surface area contributed by atoms with E-state index in [4.69, 9.17) is 11.6 Å². The number of carbonyl (C=O) groups excluding carboxylic acids is 2. The maximum Gasteiger partial charge on any atom is 0.255 e. The van der Waals surface area contributed by atoms with Gasteiger partial charge in [0.05, 0.1) is 16.7 Å². The number of aliphatic hydroxyl groups is 1. The molecule has 1 saturated heterocycles. The van der Waals surface area contributed by atoms with Crippen molar-refractivity contribution in [1.29, 1.82) is 0 Å². The Morgan fingerprint density at radius 3 is 2.61 bits per heavy atom. The molecule has 23 heavy (non-hydrogen) atoms. The zero-order valence-electron chi connectivity index (χ0n) is 13.8.